The molecule has 7 nitrogen and oxygen atoms in total. The molecule has 0 aliphatic carbocycles. The third-order valence-electron chi connectivity index (χ3n) is 3.35. The van der Waals surface area contributed by atoms with Crippen molar-refractivity contribution in [3.8, 4) is 11.5 Å². The standard InChI is InChI=1S/C13H17NO6S/c1-19-11-7-9(13(15)16)10(8-12(11)20-2)14-5-3-4-6-21(14,17)18/h7-8H,3-6H2,1-2H3,(H,15,16). The summed E-state index contributed by atoms with van der Waals surface area (Å²) >= 11 is 0. The monoisotopic (exact) mass is 315 g/mol. The fraction of sp³-hybridized carbons (Fsp3) is 0.462. The van der Waals surface area contributed by atoms with E-state index in [1.165, 1.54) is 26.4 Å². The van der Waals surface area contributed by atoms with Gasteiger partial charge in [0.15, 0.2) is 11.5 Å². The Labute approximate surface area is 123 Å². The van der Waals surface area contributed by atoms with E-state index in [-0.39, 0.29) is 29.3 Å². The van der Waals surface area contributed by atoms with Gasteiger partial charge in [-0.05, 0) is 12.8 Å². The molecule has 0 amide bonds. The van der Waals surface area contributed by atoms with Gasteiger partial charge in [0.25, 0.3) is 0 Å². The summed E-state index contributed by atoms with van der Waals surface area (Å²) in [4.78, 5) is 11.4. The van der Waals surface area contributed by atoms with Crippen molar-refractivity contribution in [2.75, 3.05) is 30.8 Å². The third-order valence-corrected chi connectivity index (χ3v) is 5.21. The summed E-state index contributed by atoms with van der Waals surface area (Å²) in [5.41, 5.74) is -0.0158. The van der Waals surface area contributed by atoms with Crippen molar-refractivity contribution in [3.63, 3.8) is 0 Å². The number of rotatable bonds is 4. The van der Waals surface area contributed by atoms with E-state index in [9.17, 15) is 18.3 Å². The maximum Gasteiger partial charge on any atom is 0.337 e. The van der Waals surface area contributed by atoms with Crippen molar-refractivity contribution < 1.29 is 27.8 Å². The van der Waals surface area contributed by atoms with Crippen LogP contribution < -0.4 is 13.8 Å². The molecule has 0 radical (unpaired) electrons. The number of aromatic carboxylic acids is 1. The van der Waals surface area contributed by atoms with Gasteiger partial charge >= 0.3 is 5.97 Å². The van der Waals surface area contributed by atoms with Gasteiger partial charge in [-0.3, -0.25) is 4.31 Å². The molecule has 21 heavy (non-hydrogen) atoms. The maximum absolute atomic E-state index is 12.2. The molecule has 0 atom stereocenters. The number of carboxylic acids is 1. The predicted octanol–water partition coefficient (Wildman–Crippen LogP) is 1.33. The molecule has 1 N–H and O–H groups in total. The molecule has 0 spiro atoms. The molecule has 1 aromatic rings. The summed E-state index contributed by atoms with van der Waals surface area (Å²) in [6, 6.07) is 2.67. The van der Waals surface area contributed by atoms with Crippen LogP contribution in [-0.2, 0) is 10.0 Å². The van der Waals surface area contributed by atoms with E-state index in [0.717, 1.165) is 4.31 Å². The first kappa shape index (κ1) is 15.4. The van der Waals surface area contributed by atoms with E-state index in [0.29, 0.717) is 18.6 Å². The highest BCUT2D eigenvalue weighted by atomic mass is 32.2. The van der Waals surface area contributed by atoms with Gasteiger partial charge in [-0.2, -0.15) is 0 Å². The largest absolute Gasteiger partial charge is 0.493 e. The van der Waals surface area contributed by atoms with Crippen molar-refractivity contribution >= 4 is 21.7 Å². The van der Waals surface area contributed by atoms with Gasteiger partial charge in [-0.15, -0.1) is 0 Å². The molecule has 0 saturated carbocycles. The maximum atomic E-state index is 12.2. The SMILES string of the molecule is COc1cc(C(=O)O)c(N2CCCCS2(=O)=O)cc1OC. The number of ether oxygens (including phenoxy) is 2. The van der Waals surface area contributed by atoms with Crippen molar-refractivity contribution in [1.29, 1.82) is 0 Å². The summed E-state index contributed by atoms with van der Waals surface area (Å²) in [6.45, 7) is 0.262. The summed E-state index contributed by atoms with van der Waals surface area (Å²) in [5, 5.41) is 9.33. The van der Waals surface area contributed by atoms with E-state index in [4.69, 9.17) is 9.47 Å². The summed E-state index contributed by atoms with van der Waals surface area (Å²) in [5.74, 6) is -0.668. The molecule has 0 aromatic heterocycles. The number of carboxylic acid groups (broad SMARTS) is 1. The highest BCUT2D eigenvalue weighted by molar-refractivity contribution is 7.92. The van der Waals surface area contributed by atoms with Gasteiger partial charge < -0.3 is 14.6 Å². The lowest BCUT2D eigenvalue weighted by molar-refractivity contribution is 0.0697. The first-order valence-electron chi connectivity index (χ1n) is 6.40. The first-order chi connectivity index (χ1) is 9.90. The van der Waals surface area contributed by atoms with Gasteiger partial charge in [0, 0.05) is 18.7 Å². The van der Waals surface area contributed by atoms with Gasteiger partial charge in [-0.1, -0.05) is 0 Å². The van der Waals surface area contributed by atoms with Crippen LogP contribution in [0.3, 0.4) is 0 Å². The van der Waals surface area contributed by atoms with E-state index in [1.807, 2.05) is 0 Å². The zero-order chi connectivity index (χ0) is 15.6. The van der Waals surface area contributed by atoms with E-state index < -0.39 is 16.0 Å². The minimum Gasteiger partial charge on any atom is -0.493 e. The van der Waals surface area contributed by atoms with Crippen LogP contribution in [0.1, 0.15) is 23.2 Å². The Morgan fingerprint density at radius 1 is 1.19 bits per heavy atom. The van der Waals surface area contributed by atoms with Gasteiger partial charge in [0.05, 0.1) is 31.2 Å². The lowest BCUT2D eigenvalue weighted by Gasteiger charge is -2.29. The third kappa shape index (κ3) is 2.90. The summed E-state index contributed by atoms with van der Waals surface area (Å²) in [7, 11) is -0.704. The predicted molar refractivity (Wildman–Crippen MR) is 76.9 cm³/mol. The molecule has 1 aliphatic rings. The van der Waals surface area contributed by atoms with Crippen LogP contribution in [0.15, 0.2) is 12.1 Å². The molecule has 116 valence electrons. The second-order valence-corrected chi connectivity index (χ2v) is 6.64. The van der Waals surface area contributed by atoms with Crippen molar-refractivity contribution in [1.82, 2.24) is 0 Å². The molecule has 1 aromatic carbocycles. The van der Waals surface area contributed by atoms with Crippen LogP contribution in [0.25, 0.3) is 0 Å². The van der Waals surface area contributed by atoms with Crippen molar-refractivity contribution in [3.05, 3.63) is 17.7 Å². The zero-order valence-electron chi connectivity index (χ0n) is 11.8. The minimum atomic E-state index is -3.50. The van der Waals surface area contributed by atoms with Gasteiger partial charge in [0.2, 0.25) is 10.0 Å². The van der Waals surface area contributed by atoms with E-state index in [1.54, 1.807) is 0 Å². The lowest BCUT2D eigenvalue weighted by atomic mass is 10.1. The number of hydrogen-bond donors (Lipinski definition) is 1. The molecule has 1 saturated heterocycles. The summed E-state index contributed by atoms with van der Waals surface area (Å²) < 4.78 is 35.7. The highest BCUT2D eigenvalue weighted by Crippen LogP contribution is 2.37. The van der Waals surface area contributed by atoms with Crippen LogP contribution in [0.2, 0.25) is 0 Å². The number of hydrogen-bond acceptors (Lipinski definition) is 5. The molecule has 1 fully saturated rings. The smallest absolute Gasteiger partial charge is 0.337 e. The second kappa shape index (κ2) is 5.80. The average Bonchev–Trinajstić information content (AvgIpc) is 2.45. The molecule has 8 heteroatoms. The van der Waals surface area contributed by atoms with Crippen molar-refractivity contribution in [2.45, 2.75) is 12.8 Å². The number of anilines is 1. The average molecular weight is 315 g/mol. The molecular weight excluding hydrogens is 298 g/mol. The fourth-order valence-electron chi connectivity index (χ4n) is 2.31. The second-order valence-electron chi connectivity index (χ2n) is 4.62. The first-order valence-corrected chi connectivity index (χ1v) is 8.01. The highest BCUT2D eigenvalue weighted by Gasteiger charge is 2.30. The fourth-order valence-corrected chi connectivity index (χ4v) is 3.95. The van der Waals surface area contributed by atoms with Crippen LogP contribution in [0, 0.1) is 0 Å². The Balaban J connectivity index is 2.63. The molecule has 2 rings (SSSR count). The molecule has 0 unspecified atom stereocenters. The van der Waals surface area contributed by atoms with Crippen LogP contribution in [-0.4, -0.2) is 46.0 Å². The molecular formula is C13H17NO6S. The van der Waals surface area contributed by atoms with Gasteiger partial charge in [0.1, 0.15) is 0 Å². The number of benzene rings is 1. The lowest BCUT2D eigenvalue weighted by Crippen LogP contribution is -2.38. The molecule has 1 heterocycles. The Morgan fingerprint density at radius 3 is 2.33 bits per heavy atom. The number of sulfonamides is 1. The molecule has 1 aliphatic heterocycles. The Kier molecular flexibility index (Phi) is 4.26. The Bertz CT molecular complexity index is 655. The van der Waals surface area contributed by atoms with Crippen LogP contribution in [0.4, 0.5) is 5.69 Å². The summed E-state index contributed by atoms with van der Waals surface area (Å²) in [6.07, 6.45) is 1.27. The van der Waals surface area contributed by atoms with E-state index in [2.05, 4.69) is 0 Å². The van der Waals surface area contributed by atoms with Crippen LogP contribution in [0.5, 0.6) is 11.5 Å². The number of carbonyl (C=O) groups is 1. The van der Waals surface area contributed by atoms with Crippen molar-refractivity contribution in [2.24, 2.45) is 0 Å². The zero-order valence-corrected chi connectivity index (χ0v) is 12.6. The quantitative estimate of drug-likeness (QED) is 0.901. The minimum absolute atomic E-state index is 0.0143. The van der Waals surface area contributed by atoms with E-state index >= 15 is 0 Å². The van der Waals surface area contributed by atoms with Crippen LogP contribution >= 0.6 is 0 Å². The number of nitrogens with zero attached hydrogens (tertiary/aromatic N) is 1. The Morgan fingerprint density at radius 2 is 1.81 bits per heavy atom. The number of methoxy groups -OCH3 is 2. The Hall–Kier alpha value is -1.96. The van der Waals surface area contributed by atoms with Gasteiger partial charge in [-0.25, -0.2) is 13.2 Å². The topological polar surface area (TPSA) is 93.1 Å². The normalized spacial score (nSPS) is 17.3. The molecule has 0 bridgehead atoms.